The van der Waals surface area contributed by atoms with Crippen LogP contribution < -0.4 is 5.32 Å². The van der Waals surface area contributed by atoms with Gasteiger partial charge < -0.3 is 5.32 Å². The van der Waals surface area contributed by atoms with Crippen LogP contribution in [0.3, 0.4) is 0 Å². The molecular weight excluding hydrogens is 454 g/mol. The molecule has 0 aliphatic rings. The van der Waals surface area contributed by atoms with Crippen molar-refractivity contribution in [3.05, 3.63) is 64.7 Å². The molecule has 6 nitrogen and oxygen atoms in total. The highest BCUT2D eigenvalue weighted by atomic mass is 19.3. The lowest BCUT2D eigenvalue weighted by Crippen LogP contribution is -2.26. The van der Waals surface area contributed by atoms with Gasteiger partial charge in [0.1, 0.15) is 23.2 Å². The van der Waals surface area contributed by atoms with Crippen LogP contribution in [0.2, 0.25) is 0 Å². The third-order valence-electron chi connectivity index (χ3n) is 4.41. The second-order valence-electron chi connectivity index (χ2n) is 6.58. The van der Waals surface area contributed by atoms with Gasteiger partial charge in [-0.05, 0) is 13.0 Å². The van der Waals surface area contributed by atoms with Gasteiger partial charge in [0.2, 0.25) is 5.91 Å². The van der Waals surface area contributed by atoms with Gasteiger partial charge in [-0.3, -0.25) is 14.2 Å². The fourth-order valence-corrected chi connectivity index (χ4v) is 2.79. The fraction of sp³-hybridized carbons (Fsp3) is 0.278. The first kappa shape index (κ1) is 23.2. The number of carbonyl (C=O) groups excluding carboxylic acids is 1. The molecule has 172 valence electrons. The summed E-state index contributed by atoms with van der Waals surface area (Å²) in [4.78, 5) is 12.4. The predicted molar refractivity (Wildman–Crippen MR) is 93.1 cm³/mol. The number of benzene rings is 1. The Balaban J connectivity index is 1.76. The minimum absolute atomic E-state index is 0.0508. The highest BCUT2D eigenvalue weighted by molar-refractivity contribution is 5.93. The molecule has 1 unspecified atom stereocenters. The highest BCUT2D eigenvalue weighted by Gasteiger charge is 2.27. The fourth-order valence-electron chi connectivity index (χ4n) is 2.79. The van der Waals surface area contributed by atoms with Crippen molar-refractivity contribution in [2.24, 2.45) is 0 Å². The molecule has 0 aliphatic heterocycles. The van der Waals surface area contributed by atoms with Crippen molar-refractivity contribution in [3.63, 3.8) is 0 Å². The Kier molecular flexibility index (Phi) is 6.50. The van der Waals surface area contributed by atoms with Crippen molar-refractivity contribution in [1.82, 2.24) is 19.6 Å². The van der Waals surface area contributed by atoms with Gasteiger partial charge in [-0.1, -0.05) is 0 Å². The Bertz CT molecular complexity index is 1140. The van der Waals surface area contributed by atoms with Crippen molar-refractivity contribution in [2.45, 2.75) is 32.4 Å². The number of nitrogens with zero attached hydrogens (tertiary/aromatic N) is 4. The topological polar surface area (TPSA) is 64.7 Å². The minimum Gasteiger partial charge on any atom is -0.322 e. The number of hydrogen-bond donors (Lipinski definition) is 1. The van der Waals surface area contributed by atoms with Gasteiger partial charge in [-0.25, -0.2) is 35.1 Å². The summed E-state index contributed by atoms with van der Waals surface area (Å²) in [7, 11) is 0. The number of anilines is 1. The molecule has 3 aromatic rings. The highest BCUT2D eigenvalue weighted by Crippen LogP contribution is 2.28. The molecule has 32 heavy (non-hydrogen) atoms. The van der Waals surface area contributed by atoms with E-state index in [1.165, 1.54) is 0 Å². The minimum atomic E-state index is -3.17. The van der Waals surface area contributed by atoms with E-state index in [0.29, 0.717) is 10.7 Å². The molecule has 1 atom stereocenters. The maximum atomic E-state index is 13.8. The molecule has 0 saturated carbocycles. The van der Waals surface area contributed by atoms with Crippen LogP contribution in [0.5, 0.6) is 0 Å². The molecule has 0 aliphatic carbocycles. The van der Waals surface area contributed by atoms with Gasteiger partial charge in [0.15, 0.2) is 17.5 Å². The Morgan fingerprint density at radius 2 is 1.72 bits per heavy atom. The molecule has 1 amide bonds. The summed E-state index contributed by atoms with van der Waals surface area (Å²) in [5.41, 5.74) is -2.69. The monoisotopic (exact) mass is 467 g/mol. The number of halogens is 8. The Hall–Kier alpha value is -3.45. The second kappa shape index (κ2) is 8.96. The van der Waals surface area contributed by atoms with E-state index in [4.69, 9.17) is 0 Å². The number of hydrogen-bond acceptors (Lipinski definition) is 3. The lowest BCUT2D eigenvalue weighted by atomic mass is 10.2. The number of aromatic nitrogens is 4. The molecule has 2 aromatic heterocycles. The number of carbonyl (C=O) groups is 1. The molecule has 2 heterocycles. The van der Waals surface area contributed by atoms with Crippen LogP contribution in [-0.2, 0) is 11.3 Å². The lowest BCUT2D eigenvalue weighted by Gasteiger charge is -2.14. The average Bonchev–Trinajstić information content (AvgIpc) is 3.36. The standard InChI is InChI=1S/C18H13F8N5O/c1-7(31-13(17(25)26)3-12(29-31)16(23)24)18(32)28-8-4-27-30(5-8)6-9-10(19)2-11(20)15(22)14(9)21/h2-5,7,16-17H,6H2,1H3,(H,28,32). The third kappa shape index (κ3) is 4.57. The number of rotatable bonds is 7. The predicted octanol–water partition coefficient (Wildman–Crippen LogP) is 4.76. The van der Waals surface area contributed by atoms with Crippen LogP contribution in [0.4, 0.5) is 40.8 Å². The Labute approximate surface area is 174 Å². The molecule has 0 spiro atoms. The third-order valence-corrected chi connectivity index (χ3v) is 4.41. The summed E-state index contributed by atoms with van der Waals surface area (Å²) < 4.78 is 107. The summed E-state index contributed by atoms with van der Waals surface area (Å²) in [6, 6.07) is -0.780. The zero-order valence-electron chi connectivity index (χ0n) is 16.0. The number of alkyl halides is 4. The van der Waals surface area contributed by atoms with Crippen LogP contribution in [0.15, 0.2) is 24.5 Å². The van der Waals surface area contributed by atoms with Crippen molar-refractivity contribution in [2.75, 3.05) is 5.32 Å². The van der Waals surface area contributed by atoms with E-state index in [9.17, 15) is 39.9 Å². The molecule has 1 N–H and O–H groups in total. The zero-order chi connectivity index (χ0) is 23.7. The first-order valence-corrected chi connectivity index (χ1v) is 8.80. The molecule has 1 aromatic carbocycles. The van der Waals surface area contributed by atoms with Crippen molar-refractivity contribution < 1.29 is 39.9 Å². The Morgan fingerprint density at radius 3 is 2.34 bits per heavy atom. The lowest BCUT2D eigenvalue weighted by molar-refractivity contribution is -0.119. The molecular formula is C18H13F8N5O. The normalized spacial score (nSPS) is 12.6. The SMILES string of the molecule is CC(C(=O)Nc1cnn(Cc2c(F)cc(F)c(F)c2F)c1)n1nc(C(F)F)cc1C(F)F. The molecule has 14 heteroatoms. The van der Waals surface area contributed by atoms with Gasteiger partial charge in [-0.2, -0.15) is 10.2 Å². The molecule has 0 bridgehead atoms. The van der Waals surface area contributed by atoms with Crippen molar-refractivity contribution in [3.8, 4) is 0 Å². The molecule has 0 fully saturated rings. The van der Waals surface area contributed by atoms with Gasteiger partial charge in [0.25, 0.3) is 12.9 Å². The summed E-state index contributed by atoms with van der Waals surface area (Å²) >= 11 is 0. The zero-order valence-corrected chi connectivity index (χ0v) is 16.0. The van der Waals surface area contributed by atoms with Gasteiger partial charge in [0.05, 0.1) is 18.4 Å². The summed E-state index contributed by atoms with van der Waals surface area (Å²) in [5.74, 6) is -7.61. The van der Waals surface area contributed by atoms with Crippen molar-refractivity contribution in [1.29, 1.82) is 0 Å². The summed E-state index contributed by atoms with van der Waals surface area (Å²) in [5, 5.41) is 9.32. The largest absolute Gasteiger partial charge is 0.322 e. The first-order valence-electron chi connectivity index (χ1n) is 8.80. The van der Waals surface area contributed by atoms with Gasteiger partial charge in [0, 0.05) is 17.8 Å². The van der Waals surface area contributed by atoms with E-state index in [-0.39, 0.29) is 11.8 Å². The summed E-state index contributed by atoms with van der Waals surface area (Å²) in [6.45, 7) is 0.479. The number of nitrogens with one attached hydrogen (secondary N) is 1. The van der Waals surface area contributed by atoms with Crippen LogP contribution in [0.25, 0.3) is 0 Å². The van der Waals surface area contributed by atoms with Crippen LogP contribution in [0.1, 0.15) is 42.8 Å². The quantitative estimate of drug-likeness (QED) is 0.310. The maximum Gasteiger partial charge on any atom is 0.282 e. The average molecular weight is 467 g/mol. The smallest absolute Gasteiger partial charge is 0.282 e. The van der Waals surface area contributed by atoms with Crippen LogP contribution in [-0.4, -0.2) is 25.5 Å². The van der Waals surface area contributed by atoms with Crippen LogP contribution in [0, 0.1) is 23.3 Å². The van der Waals surface area contributed by atoms with E-state index in [1.54, 1.807) is 0 Å². The Morgan fingerprint density at radius 1 is 1.03 bits per heavy atom. The van der Waals surface area contributed by atoms with Gasteiger partial charge >= 0.3 is 0 Å². The molecule has 0 radical (unpaired) electrons. The van der Waals surface area contributed by atoms with Gasteiger partial charge in [-0.15, -0.1) is 0 Å². The van der Waals surface area contributed by atoms with Crippen LogP contribution >= 0.6 is 0 Å². The van der Waals surface area contributed by atoms with E-state index < -0.39 is 71.6 Å². The maximum absolute atomic E-state index is 13.8. The van der Waals surface area contributed by atoms with E-state index >= 15 is 0 Å². The molecule has 3 rings (SSSR count). The second-order valence-corrected chi connectivity index (χ2v) is 6.58. The number of amides is 1. The van der Waals surface area contributed by atoms with E-state index in [0.717, 1.165) is 24.0 Å². The first-order chi connectivity index (χ1) is 15.0. The van der Waals surface area contributed by atoms with Crippen molar-refractivity contribution >= 4 is 11.6 Å². The van der Waals surface area contributed by atoms with E-state index in [1.807, 2.05) is 0 Å². The summed E-state index contributed by atoms with van der Waals surface area (Å²) in [6.07, 6.45) is -4.19. The molecule has 0 saturated heterocycles. The van der Waals surface area contributed by atoms with E-state index in [2.05, 4.69) is 15.5 Å².